The zero-order chi connectivity index (χ0) is 49.0. The summed E-state index contributed by atoms with van der Waals surface area (Å²) in [6, 6.07) is 65.5. The molecule has 74 heavy (non-hydrogen) atoms. The van der Waals surface area contributed by atoms with E-state index in [-0.39, 0.29) is 0 Å². The predicted molar refractivity (Wildman–Crippen MR) is 293 cm³/mol. The van der Waals surface area contributed by atoms with Gasteiger partial charge >= 0.3 is 0 Å². The summed E-state index contributed by atoms with van der Waals surface area (Å²) in [5.74, 6) is 2.38. The smallest absolute Gasteiger partial charge is 0.164 e. The summed E-state index contributed by atoms with van der Waals surface area (Å²) in [5, 5.41) is 4.72. The number of fused-ring (bicyclic) bond motifs is 6. The van der Waals surface area contributed by atoms with Crippen LogP contribution in [-0.4, -0.2) is 54.0 Å². The van der Waals surface area contributed by atoms with E-state index in [1.165, 1.54) is 21.5 Å². The zero-order valence-corrected chi connectivity index (χ0v) is 39.4. The fraction of sp³-hybridized carbons (Fsp3) is 0. The predicted octanol–water partition coefficient (Wildman–Crippen LogP) is 14.1. The van der Waals surface area contributed by atoms with E-state index in [2.05, 4.69) is 163 Å². The molecule has 11 heteroatoms. The second-order valence-electron chi connectivity index (χ2n) is 18.0. The Hall–Kier alpha value is -10.4. The van der Waals surface area contributed by atoms with Crippen molar-refractivity contribution in [2.75, 3.05) is 0 Å². The van der Waals surface area contributed by atoms with Gasteiger partial charge in [0.25, 0.3) is 0 Å². The van der Waals surface area contributed by atoms with Crippen LogP contribution in [0.5, 0.6) is 0 Å². The largest absolute Gasteiger partial charge is 0.309 e. The number of rotatable bonds is 9. The highest BCUT2D eigenvalue weighted by Gasteiger charge is 2.19. The fourth-order valence-electron chi connectivity index (χ4n) is 10.1. The van der Waals surface area contributed by atoms with Crippen LogP contribution in [0.2, 0.25) is 0 Å². The van der Waals surface area contributed by atoms with E-state index in [0.717, 1.165) is 89.3 Å². The highest BCUT2D eigenvalue weighted by atomic mass is 15.0. The lowest BCUT2D eigenvalue weighted by atomic mass is 10.0. The molecule has 0 amide bonds. The summed E-state index contributed by atoms with van der Waals surface area (Å²) in [5.41, 5.74) is 15.9. The molecule has 8 heterocycles. The summed E-state index contributed by atoms with van der Waals surface area (Å²) in [6.45, 7) is 0. The third-order valence-corrected chi connectivity index (χ3v) is 13.6. The third-order valence-electron chi connectivity index (χ3n) is 13.6. The molecule has 0 fully saturated rings. The highest BCUT2D eigenvalue weighted by Crippen LogP contribution is 2.39. The van der Waals surface area contributed by atoms with Gasteiger partial charge in [-0.05, 0) is 145 Å². The molecule has 0 unspecified atom stereocenters. The van der Waals surface area contributed by atoms with E-state index in [0.29, 0.717) is 23.3 Å². The van der Waals surface area contributed by atoms with Gasteiger partial charge in [0.2, 0.25) is 0 Å². The third kappa shape index (κ3) is 7.51. The molecule has 0 N–H and O–H groups in total. The van der Waals surface area contributed by atoms with Gasteiger partial charge < -0.3 is 9.13 Å². The molecule has 0 aliphatic carbocycles. The van der Waals surface area contributed by atoms with Crippen LogP contribution >= 0.6 is 0 Å². The van der Waals surface area contributed by atoms with E-state index >= 15 is 0 Å². The standard InChI is InChI=1S/C63H39N11/c1-3-7-56-50(5-1)52-19-13-47(38-59(52)74(56)49-17-9-42(10-18-49)60-68-54(40-21-29-64-30-22-40)39-55(69-60)41-23-31-65-32-24-41)46-14-20-58-53(37-46)51-6-2-4-8-57(51)73(58)48-15-11-43(12-16-48)61-70-62(44-25-33-66-34-26-44)72-63(71-61)45-27-35-67-36-28-45/h1-39H. The number of aromatic nitrogens is 11. The fourth-order valence-corrected chi connectivity index (χ4v) is 10.1. The van der Waals surface area contributed by atoms with Crippen LogP contribution in [0.3, 0.4) is 0 Å². The van der Waals surface area contributed by atoms with Gasteiger partial charge in [-0.25, -0.2) is 24.9 Å². The lowest BCUT2D eigenvalue weighted by molar-refractivity contribution is 1.07. The molecule has 346 valence electrons. The van der Waals surface area contributed by atoms with E-state index in [9.17, 15) is 0 Å². The van der Waals surface area contributed by atoms with E-state index in [4.69, 9.17) is 24.9 Å². The van der Waals surface area contributed by atoms with Crippen LogP contribution < -0.4 is 0 Å². The minimum Gasteiger partial charge on any atom is -0.309 e. The Morgan fingerprint density at radius 2 is 0.581 bits per heavy atom. The van der Waals surface area contributed by atoms with Gasteiger partial charge in [-0.1, -0.05) is 54.6 Å². The van der Waals surface area contributed by atoms with Gasteiger partial charge in [-0.3, -0.25) is 19.9 Å². The Morgan fingerprint density at radius 3 is 1.08 bits per heavy atom. The second-order valence-corrected chi connectivity index (χ2v) is 18.0. The maximum Gasteiger partial charge on any atom is 0.164 e. The number of pyridine rings is 4. The van der Waals surface area contributed by atoms with E-state index < -0.39 is 0 Å². The molecular weight excluding hydrogens is 911 g/mol. The van der Waals surface area contributed by atoms with Crippen LogP contribution in [0.25, 0.3) is 134 Å². The van der Waals surface area contributed by atoms with Gasteiger partial charge in [-0.15, -0.1) is 0 Å². The number of nitrogens with zero attached hydrogens (tertiary/aromatic N) is 11. The average molecular weight is 950 g/mol. The first kappa shape index (κ1) is 42.5. The Morgan fingerprint density at radius 1 is 0.230 bits per heavy atom. The number of benzene rings is 6. The molecule has 14 aromatic rings. The summed E-state index contributed by atoms with van der Waals surface area (Å²) in [6.07, 6.45) is 14.1. The average Bonchev–Trinajstić information content (AvgIpc) is 4.02. The normalized spacial score (nSPS) is 11.5. The minimum atomic E-state index is 0.577. The van der Waals surface area contributed by atoms with Gasteiger partial charge in [0.15, 0.2) is 23.3 Å². The molecule has 0 aliphatic heterocycles. The van der Waals surface area contributed by atoms with Crippen LogP contribution in [0.15, 0.2) is 238 Å². The lowest BCUT2D eigenvalue weighted by Gasteiger charge is -2.12. The maximum absolute atomic E-state index is 5.06. The molecule has 8 aromatic heterocycles. The topological polar surface area (TPSA) is 126 Å². The molecule has 0 spiro atoms. The van der Waals surface area contributed by atoms with E-state index in [1.807, 2.05) is 54.6 Å². The Bertz CT molecular complexity index is 4270. The molecule has 14 rings (SSSR count). The van der Waals surface area contributed by atoms with Crippen LogP contribution in [0, 0.1) is 0 Å². The number of para-hydroxylation sites is 2. The van der Waals surface area contributed by atoms with Crippen molar-refractivity contribution in [3.63, 3.8) is 0 Å². The first-order valence-corrected chi connectivity index (χ1v) is 24.2. The maximum atomic E-state index is 5.06. The first-order valence-electron chi connectivity index (χ1n) is 24.2. The molecule has 0 aliphatic rings. The SMILES string of the molecule is c1ccc2c(c1)c1cc(-c3ccc4c5ccccc5n(-c5ccc(-c6nc(-c7ccncc7)cc(-c7ccncc7)n6)cc5)c4c3)ccc1n2-c1ccc(-c2nc(-c3ccncc3)nc(-c3ccncc3)n2)cc1. The Labute approximate surface area is 423 Å². The molecule has 0 atom stereocenters. The summed E-state index contributed by atoms with van der Waals surface area (Å²) >= 11 is 0. The van der Waals surface area contributed by atoms with E-state index in [1.54, 1.807) is 49.6 Å². The highest BCUT2D eigenvalue weighted by molar-refractivity contribution is 6.12. The number of hydrogen-bond donors (Lipinski definition) is 0. The molecule has 11 nitrogen and oxygen atoms in total. The first-order chi connectivity index (χ1) is 36.7. The van der Waals surface area contributed by atoms with Crippen LogP contribution in [0.4, 0.5) is 0 Å². The van der Waals surface area contributed by atoms with Crippen molar-refractivity contribution >= 4 is 43.6 Å². The van der Waals surface area contributed by atoms with Crippen LogP contribution in [-0.2, 0) is 0 Å². The summed E-state index contributed by atoms with van der Waals surface area (Å²) < 4.78 is 4.70. The molecule has 0 saturated carbocycles. The summed E-state index contributed by atoms with van der Waals surface area (Å²) in [4.78, 5) is 41.7. The van der Waals surface area contributed by atoms with Crippen molar-refractivity contribution in [3.8, 4) is 90.6 Å². The summed E-state index contributed by atoms with van der Waals surface area (Å²) in [7, 11) is 0. The van der Waals surface area contributed by atoms with Crippen molar-refractivity contribution in [1.29, 1.82) is 0 Å². The zero-order valence-electron chi connectivity index (χ0n) is 39.4. The van der Waals surface area contributed by atoms with Crippen molar-refractivity contribution in [2.24, 2.45) is 0 Å². The lowest BCUT2D eigenvalue weighted by Crippen LogP contribution is -2.00. The van der Waals surface area contributed by atoms with Gasteiger partial charge in [-0.2, -0.15) is 0 Å². The molecule has 0 bridgehead atoms. The molecular formula is C63H39N11. The molecule has 0 saturated heterocycles. The monoisotopic (exact) mass is 949 g/mol. The van der Waals surface area contributed by atoms with Crippen molar-refractivity contribution in [2.45, 2.75) is 0 Å². The van der Waals surface area contributed by atoms with Gasteiger partial charge in [0.1, 0.15) is 0 Å². The van der Waals surface area contributed by atoms with Crippen molar-refractivity contribution in [1.82, 2.24) is 54.0 Å². The Balaban J connectivity index is 0.833. The van der Waals surface area contributed by atoms with Crippen molar-refractivity contribution in [3.05, 3.63) is 238 Å². The van der Waals surface area contributed by atoms with Crippen LogP contribution in [0.1, 0.15) is 0 Å². The quantitative estimate of drug-likeness (QED) is 0.139. The second kappa shape index (κ2) is 17.8. The molecule has 6 aromatic carbocycles. The number of hydrogen-bond acceptors (Lipinski definition) is 9. The van der Waals surface area contributed by atoms with Crippen molar-refractivity contribution < 1.29 is 0 Å². The Kier molecular flexibility index (Phi) is 10.2. The van der Waals surface area contributed by atoms with Gasteiger partial charge in [0.05, 0.1) is 33.5 Å². The van der Waals surface area contributed by atoms with Gasteiger partial charge in [0, 0.05) is 116 Å². The minimum absolute atomic E-state index is 0.577. The molecule has 0 radical (unpaired) electrons.